The highest BCUT2D eigenvalue weighted by molar-refractivity contribution is 6.30. The molecular formula is C20H23ClN2O. The maximum absolute atomic E-state index is 12.9. The molecule has 1 heterocycles. The molecule has 0 spiro atoms. The van der Waals surface area contributed by atoms with Gasteiger partial charge < -0.3 is 10.2 Å². The van der Waals surface area contributed by atoms with Gasteiger partial charge in [-0.05, 0) is 49.6 Å². The predicted molar refractivity (Wildman–Crippen MR) is 99.6 cm³/mol. The van der Waals surface area contributed by atoms with Crippen molar-refractivity contribution in [1.29, 1.82) is 0 Å². The minimum Gasteiger partial charge on any atom is -0.317 e. The van der Waals surface area contributed by atoms with E-state index in [9.17, 15) is 4.79 Å². The third-order valence-electron chi connectivity index (χ3n) is 4.54. The summed E-state index contributed by atoms with van der Waals surface area (Å²) in [7, 11) is 0. The van der Waals surface area contributed by atoms with Crippen LogP contribution in [0, 0.1) is 6.92 Å². The lowest BCUT2D eigenvalue weighted by Gasteiger charge is -2.30. The van der Waals surface area contributed by atoms with Gasteiger partial charge in [0.05, 0.1) is 6.04 Å². The number of amides is 2. The number of carbonyl (C=O) groups is 1. The van der Waals surface area contributed by atoms with Gasteiger partial charge in [-0.15, -0.1) is 0 Å². The van der Waals surface area contributed by atoms with E-state index >= 15 is 0 Å². The van der Waals surface area contributed by atoms with Crippen molar-refractivity contribution in [2.75, 3.05) is 11.9 Å². The Morgan fingerprint density at radius 1 is 1.12 bits per heavy atom. The molecule has 1 fully saturated rings. The number of urea groups is 1. The number of anilines is 1. The molecule has 0 bridgehead atoms. The SMILES string of the molecule is Cc1cccc([C@H]2CCCCCN2C(=O)Nc2ccc(Cl)cc2)c1. The molecule has 0 aliphatic carbocycles. The molecule has 126 valence electrons. The number of rotatable bonds is 2. The van der Waals surface area contributed by atoms with Gasteiger partial charge in [0.2, 0.25) is 0 Å². The van der Waals surface area contributed by atoms with Crippen LogP contribution < -0.4 is 5.32 Å². The largest absolute Gasteiger partial charge is 0.322 e. The molecule has 0 aromatic heterocycles. The van der Waals surface area contributed by atoms with Crippen molar-refractivity contribution in [3.05, 3.63) is 64.7 Å². The van der Waals surface area contributed by atoms with Crippen LogP contribution in [0.5, 0.6) is 0 Å². The van der Waals surface area contributed by atoms with E-state index < -0.39 is 0 Å². The molecule has 1 aliphatic rings. The first-order chi connectivity index (χ1) is 11.6. The third-order valence-corrected chi connectivity index (χ3v) is 4.79. The van der Waals surface area contributed by atoms with Crippen LogP contribution in [0.4, 0.5) is 10.5 Å². The zero-order valence-electron chi connectivity index (χ0n) is 14.0. The van der Waals surface area contributed by atoms with Gasteiger partial charge in [-0.2, -0.15) is 0 Å². The molecule has 1 saturated heterocycles. The Balaban J connectivity index is 1.81. The molecular weight excluding hydrogens is 320 g/mol. The predicted octanol–water partition coefficient (Wildman–Crippen LogP) is 5.80. The van der Waals surface area contributed by atoms with E-state index in [0.29, 0.717) is 5.02 Å². The summed E-state index contributed by atoms with van der Waals surface area (Å²) in [5.74, 6) is 0. The Kier molecular flexibility index (Phi) is 5.41. The maximum atomic E-state index is 12.9. The second-order valence-corrected chi connectivity index (χ2v) is 6.85. The van der Waals surface area contributed by atoms with Crippen molar-refractivity contribution in [3.8, 4) is 0 Å². The molecule has 1 N–H and O–H groups in total. The molecule has 24 heavy (non-hydrogen) atoms. The van der Waals surface area contributed by atoms with Crippen molar-refractivity contribution < 1.29 is 4.79 Å². The van der Waals surface area contributed by atoms with Gasteiger partial charge in [-0.1, -0.05) is 54.3 Å². The number of hydrogen-bond donors (Lipinski definition) is 1. The second kappa shape index (κ2) is 7.71. The summed E-state index contributed by atoms with van der Waals surface area (Å²) in [5, 5.41) is 3.68. The van der Waals surface area contributed by atoms with E-state index in [1.165, 1.54) is 17.5 Å². The van der Waals surface area contributed by atoms with Gasteiger partial charge in [0.15, 0.2) is 0 Å². The van der Waals surface area contributed by atoms with Crippen LogP contribution in [0.1, 0.15) is 42.9 Å². The molecule has 3 rings (SSSR count). The second-order valence-electron chi connectivity index (χ2n) is 6.41. The average Bonchev–Trinajstić information content (AvgIpc) is 2.83. The van der Waals surface area contributed by atoms with Crippen molar-refractivity contribution in [3.63, 3.8) is 0 Å². The molecule has 1 aliphatic heterocycles. The Morgan fingerprint density at radius 3 is 2.67 bits per heavy atom. The van der Waals surface area contributed by atoms with Crippen molar-refractivity contribution in [1.82, 2.24) is 4.90 Å². The lowest BCUT2D eigenvalue weighted by atomic mass is 9.99. The van der Waals surface area contributed by atoms with Crippen molar-refractivity contribution >= 4 is 23.3 Å². The van der Waals surface area contributed by atoms with E-state index in [-0.39, 0.29) is 12.1 Å². The number of aryl methyl sites for hydroxylation is 1. The average molecular weight is 343 g/mol. The van der Waals surface area contributed by atoms with Crippen LogP contribution in [0.15, 0.2) is 48.5 Å². The summed E-state index contributed by atoms with van der Waals surface area (Å²) in [4.78, 5) is 14.8. The Labute approximate surface area is 148 Å². The topological polar surface area (TPSA) is 32.3 Å². The Hall–Kier alpha value is -2.00. The molecule has 2 aromatic rings. The standard InChI is InChI=1S/C20H23ClN2O/c1-15-6-5-7-16(14-15)19-8-3-2-4-13-23(19)20(24)22-18-11-9-17(21)10-12-18/h5-7,9-12,14,19H,2-4,8,13H2,1H3,(H,22,24)/t19-/m1/s1. The molecule has 2 aromatic carbocycles. The van der Waals surface area contributed by atoms with Crippen molar-refractivity contribution in [2.24, 2.45) is 0 Å². The maximum Gasteiger partial charge on any atom is 0.322 e. The Morgan fingerprint density at radius 2 is 1.92 bits per heavy atom. The number of benzene rings is 2. The smallest absolute Gasteiger partial charge is 0.317 e. The van der Waals surface area contributed by atoms with Gasteiger partial charge in [0.1, 0.15) is 0 Å². The fourth-order valence-corrected chi connectivity index (χ4v) is 3.43. The summed E-state index contributed by atoms with van der Waals surface area (Å²) in [6, 6.07) is 15.8. The van der Waals surface area contributed by atoms with Crippen LogP contribution in [-0.4, -0.2) is 17.5 Å². The Bertz CT molecular complexity index is 699. The van der Waals surface area contributed by atoms with Gasteiger partial charge in [0, 0.05) is 17.3 Å². The van der Waals surface area contributed by atoms with E-state index in [1.807, 2.05) is 17.0 Å². The first-order valence-corrected chi connectivity index (χ1v) is 8.91. The molecule has 0 unspecified atom stereocenters. The fourth-order valence-electron chi connectivity index (χ4n) is 3.30. The number of halogens is 1. The van der Waals surface area contributed by atoms with Gasteiger partial charge in [0.25, 0.3) is 0 Å². The van der Waals surface area contributed by atoms with Crippen molar-refractivity contribution in [2.45, 2.75) is 38.6 Å². The van der Waals surface area contributed by atoms with E-state index in [0.717, 1.165) is 31.5 Å². The molecule has 3 nitrogen and oxygen atoms in total. The van der Waals surface area contributed by atoms with Gasteiger partial charge in [-0.3, -0.25) is 0 Å². The van der Waals surface area contributed by atoms with E-state index in [2.05, 4.69) is 36.5 Å². The molecule has 4 heteroatoms. The van der Waals surface area contributed by atoms with Crippen LogP contribution >= 0.6 is 11.6 Å². The summed E-state index contributed by atoms with van der Waals surface area (Å²) in [6.45, 7) is 2.89. The quantitative estimate of drug-likeness (QED) is 0.735. The lowest BCUT2D eigenvalue weighted by Crippen LogP contribution is -2.38. The van der Waals surface area contributed by atoms with Crippen LogP contribution in [-0.2, 0) is 0 Å². The normalized spacial score (nSPS) is 18.1. The minimum absolute atomic E-state index is 0.0364. The summed E-state index contributed by atoms with van der Waals surface area (Å²) < 4.78 is 0. The zero-order valence-corrected chi connectivity index (χ0v) is 14.7. The molecule has 1 atom stereocenters. The number of nitrogens with one attached hydrogen (secondary N) is 1. The molecule has 2 amide bonds. The number of nitrogens with zero attached hydrogens (tertiary/aromatic N) is 1. The monoisotopic (exact) mass is 342 g/mol. The van der Waals surface area contributed by atoms with Gasteiger partial charge >= 0.3 is 6.03 Å². The molecule has 0 saturated carbocycles. The van der Waals surface area contributed by atoms with Crippen LogP contribution in [0.2, 0.25) is 5.02 Å². The summed E-state index contributed by atoms with van der Waals surface area (Å²) in [6.07, 6.45) is 4.39. The number of carbonyl (C=O) groups excluding carboxylic acids is 1. The van der Waals surface area contributed by atoms with Gasteiger partial charge in [-0.25, -0.2) is 4.79 Å². The third kappa shape index (κ3) is 4.09. The van der Waals surface area contributed by atoms with E-state index in [1.54, 1.807) is 12.1 Å². The lowest BCUT2D eigenvalue weighted by molar-refractivity contribution is 0.189. The first-order valence-electron chi connectivity index (χ1n) is 8.53. The zero-order chi connectivity index (χ0) is 16.9. The number of hydrogen-bond acceptors (Lipinski definition) is 1. The minimum atomic E-state index is -0.0364. The fraction of sp³-hybridized carbons (Fsp3) is 0.350. The summed E-state index contributed by atoms with van der Waals surface area (Å²) >= 11 is 5.91. The highest BCUT2D eigenvalue weighted by atomic mass is 35.5. The highest BCUT2D eigenvalue weighted by Gasteiger charge is 2.26. The summed E-state index contributed by atoms with van der Waals surface area (Å²) in [5.41, 5.74) is 3.23. The number of likely N-dealkylation sites (tertiary alicyclic amines) is 1. The van der Waals surface area contributed by atoms with Crippen LogP contribution in [0.25, 0.3) is 0 Å². The van der Waals surface area contributed by atoms with E-state index in [4.69, 9.17) is 11.6 Å². The highest BCUT2D eigenvalue weighted by Crippen LogP contribution is 2.31. The van der Waals surface area contributed by atoms with Crippen LogP contribution in [0.3, 0.4) is 0 Å². The first kappa shape index (κ1) is 16.8. The molecule has 0 radical (unpaired) electrons.